The monoisotopic (exact) mass is 255 g/mol. The zero-order valence-corrected chi connectivity index (χ0v) is 10.7. The number of allylic oxidation sites excluding steroid dienone is 3. The number of rotatable bonds is 2. The summed E-state index contributed by atoms with van der Waals surface area (Å²) >= 11 is 0. The Morgan fingerprint density at radius 1 is 1.37 bits per heavy atom. The number of carbonyl (C=O) groups excluding carboxylic acids is 1. The minimum atomic E-state index is -0.305. The predicted molar refractivity (Wildman–Crippen MR) is 73.5 cm³/mol. The Kier molecular flexibility index (Phi) is 2.90. The van der Waals surface area contributed by atoms with E-state index >= 15 is 0 Å². The fourth-order valence-corrected chi connectivity index (χ4v) is 2.50. The zero-order chi connectivity index (χ0) is 13.4. The number of benzene rings is 1. The van der Waals surface area contributed by atoms with Crippen LogP contribution in [0.4, 0.5) is 4.39 Å². The van der Waals surface area contributed by atoms with Crippen molar-refractivity contribution in [2.75, 3.05) is 0 Å². The van der Waals surface area contributed by atoms with Crippen LogP contribution in [0.25, 0.3) is 5.57 Å². The molecule has 0 saturated carbocycles. The van der Waals surface area contributed by atoms with Gasteiger partial charge in [0.15, 0.2) is 5.78 Å². The topological polar surface area (TPSA) is 29.4 Å². The van der Waals surface area contributed by atoms with E-state index in [1.54, 1.807) is 6.07 Å². The van der Waals surface area contributed by atoms with Crippen LogP contribution in [0.2, 0.25) is 0 Å². The van der Waals surface area contributed by atoms with Crippen molar-refractivity contribution in [1.29, 1.82) is 0 Å². The van der Waals surface area contributed by atoms with Gasteiger partial charge in [-0.05, 0) is 41.3 Å². The third-order valence-corrected chi connectivity index (χ3v) is 3.60. The summed E-state index contributed by atoms with van der Waals surface area (Å²) < 4.78 is 13.3. The molecule has 0 unspecified atom stereocenters. The highest BCUT2D eigenvalue weighted by atomic mass is 19.1. The Bertz CT molecular complexity index is 653. The van der Waals surface area contributed by atoms with Crippen molar-refractivity contribution in [3.05, 3.63) is 53.0 Å². The average molecular weight is 255 g/mol. The summed E-state index contributed by atoms with van der Waals surface area (Å²) in [5, 5.41) is 0. The molecule has 1 aliphatic carbocycles. The lowest BCUT2D eigenvalue weighted by Crippen LogP contribution is -1.98. The second-order valence-electron chi connectivity index (χ2n) is 4.90. The summed E-state index contributed by atoms with van der Waals surface area (Å²) in [6.45, 7) is 2.09. The Hall–Kier alpha value is -2.03. The standard InChI is InChI=1S/C16H14FNO/c1-2-10-5-13(18-9-10)8-15-14-7-12(17)4-3-11(14)6-16(15)19/h3-4,7-9H,2,5-6H2,1H3/b15-8-. The van der Waals surface area contributed by atoms with Gasteiger partial charge in [-0.1, -0.05) is 13.0 Å². The molecule has 1 aliphatic heterocycles. The van der Waals surface area contributed by atoms with Gasteiger partial charge >= 0.3 is 0 Å². The Labute approximate surface area is 111 Å². The number of aliphatic imine (C=N–C) groups is 1. The molecule has 0 radical (unpaired) electrons. The highest BCUT2D eigenvalue weighted by Gasteiger charge is 2.25. The minimum Gasteiger partial charge on any atom is -0.294 e. The summed E-state index contributed by atoms with van der Waals surface area (Å²) in [6.07, 6.45) is 5.79. The summed E-state index contributed by atoms with van der Waals surface area (Å²) in [4.78, 5) is 16.3. The molecule has 0 spiro atoms. The quantitative estimate of drug-likeness (QED) is 0.744. The van der Waals surface area contributed by atoms with Crippen LogP contribution >= 0.6 is 0 Å². The van der Waals surface area contributed by atoms with E-state index in [4.69, 9.17) is 0 Å². The highest BCUT2D eigenvalue weighted by molar-refractivity contribution is 6.29. The lowest BCUT2D eigenvalue weighted by molar-refractivity contribution is -0.112. The number of Topliss-reactive ketones (excluding diaryl/α,β-unsaturated/α-hetero) is 1. The fourth-order valence-electron chi connectivity index (χ4n) is 2.50. The van der Waals surface area contributed by atoms with Crippen LogP contribution in [0, 0.1) is 5.82 Å². The predicted octanol–water partition coefficient (Wildman–Crippen LogP) is 3.47. The molecule has 3 heteroatoms. The van der Waals surface area contributed by atoms with Gasteiger partial charge in [0, 0.05) is 30.3 Å². The van der Waals surface area contributed by atoms with E-state index in [2.05, 4.69) is 11.9 Å². The second-order valence-corrected chi connectivity index (χ2v) is 4.90. The van der Waals surface area contributed by atoms with Gasteiger partial charge in [0.2, 0.25) is 0 Å². The number of hydrogen-bond acceptors (Lipinski definition) is 2. The van der Waals surface area contributed by atoms with Crippen molar-refractivity contribution in [2.24, 2.45) is 4.99 Å². The van der Waals surface area contributed by atoms with Gasteiger partial charge in [-0.25, -0.2) is 4.39 Å². The molecule has 1 heterocycles. The third-order valence-electron chi connectivity index (χ3n) is 3.60. The zero-order valence-electron chi connectivity index (χ0n) is 10.7. The molecular formula is C16H14FNO. The lowest BCUT2D eigenvalue weighted by atomic mass is 10.0. The summed E-state index contributed by atoms with van der Waals surface area (Å²) in [7, 11) is 0. The molecule has 0 saturated heterocycles. The van der Waals surface area contributed by atoms with Crippen LogP contribution in [0.1, 0.15) is 30.9 Å². The molecule has 1 aromatic rings. The molecular weight excluding hydrogens is 241 g/mol. The van der Waals surface area contributed by atoms with Gasteiger partial charge in [-0.15, -0.1) is 0 Å². The van der Waals surface area contributed by atoms with E-state index in [9.17, 15) is 9.18 Å². The molecule has 2 nitrogen and oxygen atoms in total. The van der Waals surface area contributed by atoms with Gasteiger partial charge < -0.3 is 0 Å². The number of halogens is 1. The fraction of sp³-hybridized carbons (Fsp3) is 0.250. The van der Waals surface area contributed by atoms with Crippen molar-refractivity contribution in [3.63, 3.8) is 0 Å². The highest BCUT2D eigenvalue weighted by Crippen LogP contribution is 2.31. The normalized spacial score (nSPS) is 19.7. The Balaban J connectivity index is 1.95. The smallest absolute Gasteiger partial charge is 0.167 e. The van der Waals surface area contributed by atoms with E-state index < -0.39 is 0 Å². The van der Waals surface area contributed by atoms with Gasteiger partial charge in [-0.2, -0.15) is 0 Å². The number of carbonyl (C=O) groups is 1. The number of ketones is 1. The summed E-state index contributed by atoms with van der Waals surface area (Å²) in [5.41, 5.74) is 4.37. The molecule has 0 N–H and O–H groups in total. The van der Waals surface area contributed by atoms with Crippen LogP contribution in [0.3, 0.4) is 0 Å². The van der Waals surface area contributed by atoms with E-state index in [0.717, 1.165) is 29.7 Å². The van der Waals surface area contributed by atoms with Crippen LogP contribution in [0.15, 0.2) is 41.0 Å². The van der Waals surface area contributed by atoms with Crippen LogP contribution in [-0.2, 0) is 11.2 Å². The minimum absolute atomic E-state index is 0.0493. The average Bonchev–Trinajstić information content (AvgIpc) is 2.96. The summed E-state index contributed by atoms with van der Waals surface area (Å²) in [6, 6.07) is 4.53. The van der Waals surface area contributed by atoms with Gasteiger partial charge in [0.1, 0.15) is 5.82 Å². The Morgan fingerprint density at radius 2 is 2.21 bits per heavy atom. The molecule has 0 bridgehead atoms. The van der Waals surface area contributed by atoms with E-state index in [0.29, 0.717) is 12.0 Å². The van der Waals surface area contributed by atoms with Gasteiger partial charge in [0.05, 0.1) is 0 Å². The molecule has 0 atom stereocenters. The third kappa shape index (κ3) is 2.16. The first kappa shape index (κ1) is 12.0. The van der Waals surface area contributed by atoms with Gasteiger partial charge in [0.25, 0.3) is 0 Å². The molecule has 2 aliphatic rings. The van der Waals surface area contributed by atoms with Gasteiger partial charge in [-0.3, -0.25) is 9.79 Å². The van der Waals surface area contributed by atoms with E-state index in [1.165, 1.54) is 17.7 Å². The molecule has 19 heavy (non-hydrogen) atoms. The van der Waals surface area contributed by atoms with Crippen molar-refractivity contribution in [3.8, 4) is 0 Å². The number of fused-ring (bicyclic) bond motifs is 1. The van der Waals surface area contributed by atoms with Crippen molar-refractivity contribution < 1.29 is 9.18 Å². The largest absolute Gasteiger partial charge is 0.294 e. The van der Waals surface area contributed by atoms with Crippen LogP contribution < -0.4 is 0 Å². The van der Waals surface area contributed by atoms with E-state index in [1.807, 2.05) is 12.3 Å². The molecule has 0 amide bonds. The summed E-state index contributed by atoms with van der Waals surface area (Å²) in [5.74, 6) is -0.256. The Morgan fingerprint density at radius 3 is 2.95 bits per heavy atom. The maximum absolute atomic E-state index is 13.3. The molecule has 1 aromatic carbocycles. The molecule has 3 rings (SSSR count). The first-order valence-electron chi connectivity index (χ1n) is 6.45. The van der Waals surface area contributed by atoms with Crippen LogP contribution in [0.5, 0.6) is 0 Å². The number of hydrogen-bond donors (Lipinski definition) is 0. The first-order chi connectivity index (χ1) is 9.17. The molecule has 96 valence electrons. The van der Waals surface area contributed by atoms with E-state index in [-0.39, 0.29) is 11.6 Å². The maximum atomic E-state index is 13.3. The first-order valence-corrected chi connectivity index (χ1v) is 6.45. The van der Waals surface area contributed by atoms with Crippen molar-refractivity contribution in [2.45, 2.75) is 26.2 Å². The van der Waals surface area contributed by atoms with Crippen molar-refractivity contribution in [1.82, 2.24) is 0 Å². The van der Waals surface area contributed by atoms with Crippen LogP contribution in [-0.4, -0.2) is 11.5 Å². The van der Waals surface area contributed by atoms with Crippen molar-refractivity contribution >= 4 is 17.1 Å². The maximum Gasteiger partial charge on any atom is 0.167 e. The SMILES string of the molecule is CCC1=CN=C(/C=C2\C(=O)Cc3ccc(F)cc32)C1. The molecule has 0 aromatic heterocycles. The second kappa shape index (κ2) is 4.57. The lowest BCUT2D eigenvalue weighted by Gasteiger charge is -2.01. The number of nitrogens with zero attached hydrogens (tertiary/aromatic N) is 1. The molecule has 0 fully saturated rings.